The summed E-state index contributed by atoms with van der Waals surface area (Å²) < 4.78 is 6.63. The van der Waals surface area contributed by atoms with Crippen LogP contribution in [0.3, 0.4) is 0 Å². The van der Waals surface area contributed by atoms with Crippen LogP contribution in [0.15, 0.2) is 70.9 Å². The van der Waals surface area contributed by atoms with E-state index in [0.29, 0.717) is 28.3 Å². The second-order valence-corrected chi connectivity index (χ2v) is 5.85. The number of rotatable bonds is 4. The Morgan fingerprint density at radius 2 is 1.74 bits per heavy atom. The Bertz CT molecular complexity index is 1130. The largest absolute Gasteiger partial charge is 0.465 e. The number of nitrogens with zero attached hydrogens (tertiary/aromatic N) is 5. The Morgan fingerprint density at radius 1 is 1.07 bits per heavy atom. The molecule has 2 aromatic carbocycles. The summed E-state index contributed by atoms with van der Waals surface area (Å²) in [6, 6.07) is 18.9. The molecule has 27 heavy (non-hydrogen) atoms. The van der Waals surface area contributed by atoms with E-state index in [2.05, 4.69) is 20.5 Å². The van der Waals surface area contributed by atoms with Gasteiger partial charge in [-0.3, -0.25) is 0 Å². The molecule has 2 aromatic heterocycles. The average Bonchev–Trinajstić information content (AvgIpc) is 3.22. The van der Waals surface area contributed by atoms with Gasteiger partial charge >= 0.3 is 11.6 Å². The Labute approximate surface area is 154 Å². The summed E-state index contributed by atoms with van der Waals surface area (Å²) >= 11 is 0. The molecule has 8 nitrogen and oxygen atoms in total. The predicted molar refractivity (Wildman–Crippen MR) is 98.1 cm³/mol. The Hall–Kier alpha value is -3.81. The van der Waals surface area contributed by atoms with Gasteiger partial charge in [-0.1, -0.05) is 63.1 Å². The van der Waals surface area contributed by atoms with Crippen molar-refractivity contribution in [2.24, 2.45) is 17.3 Å². The first-order valence-electron chi connectivity index (χ1n) is 8.30. The van der Waals surface area contributed by atoms with Crippen LogP contribution in [0.5, 0.6) is 0 Å². The van der Waals surface area contributed by atoms with Crippen LogP contribution in [0.25, 0.3) is 16.8 Å². The smallest absolute Gasteiger partial charge is 0.345 e. The third-order valence-electron chi connectivity index (χ3n) is 4.08. The van der Waals surface area contributed by atoms with Gasteiger partial charge in [0.25, 0.3) is 5.82 Å². The van der Waals surface area contributed by atoms with Gasteiger partial charge in [0.05, 0.1) is 18.4 Å². The number of H-pyrrole nitrogens is 1. The number of aryl methyl sites for hydroxylation is 1. The van der Waals surface area contributed by atoms with Crippen LogP contribution in [-0.4, -0.2) is 27.9 Å². The number of carbonyl (C=O) groups excluding carboxylic acids is 1. The van der Waals surface area contributed by atoms with E-state index in [1.54, 1.807) is 11.6 Å². The highest BCUT2D eigenvalue weighted by molar-refractivity contribution is 6.06. The lowest BCUT2D eigenvalue weighted by Crippen LogP contribution is -2.33. The number of ether oxygens (including phenoxy) is 1. The number of azo groups is 1. The van der Waals surface area contributed by atoms with Gasteiger partial charge in [0.2, 0.25) is 0 Å². The number of esters is 1. The molecule has 8 heteroatoms. The molecular weight excluding hydrogens is 344 g/mol. The van der Waals surface area contributed by atoms with E-state index in [0.717, 1.165) is 5.56 Å². The summed E-state index contributed by atoms with van der Waals surface area (Å²) in [4.78, 5) is 14.0. The van der Waals surface area contributed by atoms with Crippen molar-refractivity contribution in [3.8, 4) is 11.1 Å². The lowest BCUT2D eigenvalue weighted by Gasteiger charge is -2.02. The molecular formula is C19H17N6O2+. The molecule has 0 unspecified atom stereocenters. The fourth-order valence-corrected chi connectivity index (χ4v) is 2.91. The fraction of sp³-hybridized carbons (Fsp3) is 0.105. The highest BCUT2D eigenvalue weighted by atomic mass is 16.5. The fourth-order valence-electron chi connectivity index (χ4n) is 2.91. The number of nitrogens with one attached hydrogen (secondary N) is 1. The zero-order valence-electron chi connectivity index (χ0n) is 14.8. The second-order valence-electron chi connectivity index (χ2n) is 5.85. The van der Waals surface area contributed by atoms with E-state index in [-0.39, 0.29) is 0 Å². The number of fused-ring (bicyclic) bond motifs is 1. The van der Waals surface area contributed by atoms with Crippen LogP contribution in [0.4, 0.5) is 11.5 Å². The molecule has 0 bridgehead atoms. The maximum absolute atomic E-state index is 12.5. The lowest BCUT2D eigenvalue weighted by molar-refractivity contribution is -0.783. The van der Waals surface area contributed by atoms with Crippen LogP contribution in [-0.2, 0) is 11.8 Å². The van der Waals surface area contributed by atoms with Gasteiger partial charge in [-0.2, -0.15) is 0 Å². The average molecular weight is 361 g/mol. The van der Waals surface area contributed by atoms with Gasteiger partial charge in [-0.15, -0.1) is 10.2 Å². The highest BCUT2D eigenvalue weighted by Gasteiger charge is 2.33. The zero-order chi connectivity index (χ0) is 18.8. The molecule has 0 atom stereocenters. The highest BCUT2D eigenvalue weighted by Crippen LogP contribution is 2.38. The number of hydrogen-bond donors (Lipinski definition) is 1. The molecule has 0 spiro atoms. The SMILES string of the molecule is COC(=O)c1c(-c2ccccc2)c(N=Nc2ccccc2)n2[nH][n+](C)nc12. The van der Waals surface area contributed by atoms with Gasteiger partial charge in [-0.05, 0) is 22.8 Å². The minimum absolute atomic E-state index is 0.336. The third kappa shape index (κ3) is 2.97. The summed E-state index contributed by atoms with van der Waals surface area (Å²) in [5.41, 5.74) is 2.89. The number of carbonyl (C=O) groups is 1. The van der Waals surface area contributed by atoms with E-state index >= 15 is 0 Å². The molecule has 4 aromatic rings. The Kier molecular flexibility index (Phi) is 4.21. The molecule has 4 rings (SSSR count). The lowest BCUT2D eigenvalue weighted by atomic mass is 10.0. The molecule has 0 fully saturated rings. The zero-order valence-corrected chi connectivity index (χ0v) is 14.8. The summed E-state index contributed by atoms with van der Waals surface area (Å²) in [5, 5.41) is 16.1. The van der Waals surface area contributed by atoms with Crippen molar-refractivity contribution < 1.29 is 14.3 Å². The summed E-state index contributed by atoms with van der Waals surface area (Å²) in [6.07, 6.45) is 0. The van der Waals surface area contributed by atoms with Crippen molar-refractivity contribution in [1.82, 2.24) is 14.8 Å². The first-order chi connectivity index (χ1) is 13.2. The number of methoxy groups -OCH3 is 1. The van der Waals surface area contributed by atoms with Crippen LogP contribution < -0.4 is 4.80 Å². The first kappa shape index (κ1) is 16.6. The molecule has 0 aliphatic carbocycles. The van der Waals surface area contributed by atoms with E-state index in [1.165, 1.54) is 11.9 Å². The van der Waals surface area contributed by atoms with Gasteiger partial charge in [0.1, 0.15) is 12.6 Å². The molecule has 0 radical (unpaired) electrons. The number of aromatic amines is 1. The minimum atomic E-state index is -0.486. The topological polar surface area (TPSA) is 88.0 Å². The van der Waals surface area contributed by atoms with E-state index in [4.69, 9.17) is 4.74 Å². The molecule has 1 N–H and O–H groups in total. The summed E-state index contributed by atoms with van der Waals surface area (Å²) in [6.45, 7) is 0. The van der Waals surface area contributed by atoms with Gasteiger partial charge in [-0.25, -0.2) is 4.79 Å². The number of hydrogen-bond acceptors (Lipinski definition) is 5. The quantitative estimate of drug-likeness (QED) is 0.343. The maximum Gasteiger partial charge on any atom is 0.345 e. The molecule has 2 heterocycles. The van der Waals surface area contributed by atoms with Gasteiger partial charge in [0.15, 0.2) is 0 Å². The Morgan fingerprint density at radius 3 is 2.41 bits per heavy atom. The van der Waals surface area contributed by atoms with Crippen molar-refractivity contribution in [2.45, 2.75) is 0 Å². The molecule has 0 saturated carbocycles. The summed E-state index contributed by atoms with van der Waals surface area (Å²) in [7, 11) is 3.08. The standard InChI is InChI=1S/C19H16N6O2/c1-24-22-18-16(19(26)27-2)15(13-9-5-3-6-10-13)17(25(18)23-24)21-20-14-11-7-4-8-12-14/h3-12H,1-2H3/p+1. The predicted octanol–water partition coefficient (Wildman–Crippen LogP) is 3.36. The number of aromatic nitrogens is 4. The van der Waals surface area contributed by atoms with E-state index < -0.39 is 5.97 Å². The van der Waals surface area contributed by atoms with Crippen LogP contribution in [0.1, 0.15) is 10.4 Å². The van der Waals surface area contributed by atoms with Crippen molar-refractivity contribution in [3.05, 3.63) is 66.2 Å². The first-order valence-corrected chi connectivity index (χ1v) is 8.30. The normalized spacial score (nSPS) is 11.3. The molecule has 0 saturated heterocycles. The van der Waals surface area contributed by atoms with Crippen LogP contribution in [0, 0.1) is 0 Å². The van der Waals surface area contributed by atoms with E-state index in [1.807, 2.05) is 60.7 Å². The number of tetrazole rings is 1. The Balaban J connectivity index is 2.00. The second kappa shape index (κ2) is 6.83. The number of benzene rings is 2. The molecule has 0 aliphatic rings. The van der Waals surface area contributed by atoms with Crippen LogP contribution >= 0.6 is 0 Å². The maximum atomic E-state index is 12.5. The molecule has 0 aliphatic heterocycles. The third-order valence-corrected chi connectivity index (χ3v) is 4.08. The molecule has 134 valence electrons. The van der Waals surface area contributed by atoms with Crippen molar-refractivity contribution in [3.63, 3.8) is 0 Å². The summed E-state index contributed by atoms with van der Waals surface area (Å²) in [5.74, 6) is -0.0202. The van der Waals surface area contributed by atoms with Gasteiger partial charge < -0.3 is 4.74 Å². The van der Waals surface area contributed by atoms with E-state index in [9.17, 15) is 4.79 Å². The molecule has 0 amide bonds. The minimum Gasteiger partial charge on any atom is -0.465 e. The van der Waals surface area contributed by atoms with Crippen molar-refractivity contribution in [1.29, 1.82) is 0 Å². The van der Waals surface area contributed by atoms with Crippen LogP contribution in [0.2, 0.25) is 0 Å². The van der Waals surface area contributed by atoms with Crippen molar-refractivity contribution >= 4 is 23.1 Å². The van der Waals surface area contributed by atoms with Gasteiger partial charge in [0, 0.05) is 0 Å². The monoisotopic (exact) mass is 361 g/mol. The van der Waals surface area contributed by atoms with Crippen molar-refractivity contribution in [2.75, 3.05) is 7.11 Å².